The third-order valence-corrected chi connectivity index (χ3v) is 5.30. The zero-order valence-electron chi connectivity index (χ0n) is 18.6. The second-order valence-corrected chi connectivity index (χ2v) is 7.55. The number of hydrogen-bond donors (Lipinski definition) is 0. The zero-order valence-corrected chi connectivity index (χ0v) is 18.6. The maximum Gasteiger partial charge on any atom is 0.163 e. The van der Waals surface area contributed by atoms with E-state index in [4.69, 9.17) is 9.47 Å². The van der Waals surface area contributed by atoms with E-state index in [1.165, 1.54) is 0 Å². The highest BCUT2D eigenvalue weighted by Crippen LogP contribution is 2.35. The Morgan fingerprint density at radius 2 is 1.72 bits per heavy atom. The number of ether oxygens (including phenoxy) is 2. The summed E-state index contributed by atoms with van der Waals surface area (Å²) >= 11 is 0. The SMILES string of the molecule is COc1ccc(N(C)c2nc(C)nc3ccccc23)cc1OCc1ccc(C(C)=O)cc1. The fourth-order valence-corrected chi connectivity index (χ4v) is 3.53. The summed E-state index contributed by atoms with van der Waals surface area (Å²) in [5, 5.41) is 0.976. The maximum atomic E-state index is 11.5. The molecule has 0 fully saturated rings. The molecule has 0 aliphatic carbocycles. The molecule has 6 nitrogen and oxygen atoms in total. The number of rotatable bonds is 7. The van der Waals surface area contributed by atoms with Crippen molar-refractivity contribution in [2.45, 2.75) is 20.5 Å². The van der Waals surface area contributed by atoms with Gasteiger partial charge in [0.2, 0.25) is 0 Å². The molecule has 3 aromatic carbocycles. The predicted molar refractivity (Wildman–Crippen MR) is 126 cm³/mol. The largest absolute Gasteiger partial charge is 0.493 e. The standard InChI is InChI=1S/C26H25N3O3/c1-17(30)20-11-9-19(10-12-20)16-32-25-15-21(13-14-24(25)31-4)29(3)26-22-7-5-6-8-23(22)27-18(2)28-26/h5-15H,16H2,1-4H3. The molecule has 0 bridgehead atoms. The van der Waals surface area contributed by atoms with Crippen molar-refractivity contribution in [3.63, 3.8) is 0 Å². The molecule has 0 spiro atoms. The van der Waals surface area contributed by atoms with Crippen LogP contribution in [0.2, 0.25) is 0 Å². The van der Waals surface area contributed by atoms with Crippen LogP contribution >= 0.6 is 0 Å². The molecule has 1 aromatic heterocycles. The molecule has 0 aliphatic heterocycles. The van der Waals surface area contributed by atoms with Gasteiger partial charge in [-0.05, 0) is 43.7 Å². The molecule has 6 heteroatoms. The summed E-state index contributed by atoms with van der Waals surface area (Å²) in [7, 11) is 3.59. The smallest absolute Gasteiger partial charge is 0.163 e. The van der Waals surface area contributed by atoms with Crippen LogP contribution in [-0.4, -0.2) is 29.9 Å². The average Bonchev–Trinajstić information content (AvgIpc) is 2.81. The fraction of sp³-hybridized carbons (Fsp3) is 0.192. The van der Waals surface area contributed by atoms with Crippen LogP contribution in [0.5, 0.6) is 11.5 Å². The number of Topliss-reactive ketones (excluding diaryl/α,β-unsaturated/α-hetero) is 1. The topological polar surface area (TPSA) is 64.6 Å². The molecule has 162 valence electrons. The van der Waals surface area contributed by atoms with E-state index in [0.717, 1.165) is 28.0 Å². The fourth-order valence-electron chi connectivity index (χ4n) is 3.53. The highest BCUT2D eigenvalue weighted by molar-refractivity contribution is 5.94. The van der Waals surface area contributed by atoms with Crippen molar-refractivity contribution in [2.24, 2.45) is 0 Å². The number of methoxy groups -OCH3 is 1. The molecule has 0 amide bonds. The van der Waals surface area contributed by atoms with Crippen LogP contribution in [0.1, 0.15) is 28.7 Å². The quantitative estimate of drug-likeness (QED) is 0.363. The number of benzene rings is 3. The number of ketones is 1. The second kappa shape index (κ2) is 9.06. The summed E-state index contributed by atoms with van der Waals surface area (Å²) in [6, 6.07) is 21.2. The molecular weight excluding hydrogens is 402 g/mol. The van der Waals surface area contributed by atoms with Gasteiger partial charge >= 0.3 is 0 Å². The van der Waals surface area contributed by atoms with Crippen molar-refractivity contribution in [1.82, 2.24) is 9.97 Å². The molecular formula is C26H25N3O3. The minimum atomic E-state index is 0.0439. The van der Waals surface area contributed by atoms with Gasteiger partial charge in [0.05, 0.1) is 12.6 Å². The molecule has 0 saturated carbocycles. The number of fused-ring (bicyclic) bond motifs is 1. The molecule has 0 N–H and O–H groups in total. The second-order valence-electron chi connectivity index (χ2n) is 7.55. The van der Waals surface area contributed by atoms with Crippen LogP contribution in [0.15, 0.2) is 66.7 Å². The lowest BCUT2D eigenvalue weighted by Gasteiger charge is -2.22. The Labute approximate surface area is 187 Å². The number of carbonyl (C=O) groups is 1. The van der Waals surface area contributed by atoms with Crippen LogP contribution in [0, 0.1) is 6.92 Å². The van der Waals surface area contributed by atoms with Crippen molar-refractivity contribution in [2.75, 3.05) is 19.1 Å². The Bertz CT molecular complexity index is 1270. The first-order valence-corrected chi connectivity index (χ1v) is 10.3. The van der Waals surface area contributed by atoms with E-state index in [1.807, 2.05) is 85.6 Å². The number of aromatic nitrogens is 2. The number of carbonyl (C=O) groups excluding carboxylic acids is 1. The number of para-hydroxylation sites is 1. The molecule has 32 heavy (non-hydrogen) atoms. The van der Waals surface area contributed by atoms with Crippen LogP contribution < -0.4 is 14.4 Å². The minimum Gasteiger partial charge on any atom is -0.493 e. The van der Waals surface area contributed by atoms with Gasteiger partial charge < -0.3 is 14.4 Å². The Morgan fingerprint density at radius 3 is 2.44 bits per heavy atom. The van der Waals surface area contributed by atoms with Gasteiger partial charge in [-0.1, -0.05) is 36.4 Å². The third-order valence-electron chi connectivity index (χ3n) is 5.30. The van der Waals surface area contributed by atoms with E-state index >= 15 is 0 Å². The van der Waals surface area contributed by atoms with E-state index in [9.17, 15) is 4.79 Å². The van der Waals surface area contributed by atoms with Crippen LogP contribution in [0.4, 0.5) is 11.5 Å². The molecule has 4 rings (SSSR count). The monoisotopic (exact) mass is 427 g/mol. The molecule has 1 heterocycles. The summed E-state index contributed by atoms with van der Waals surface area (Å²) in [5.41, 5.74) is 3.47. The van der Waals surface area contributed by atoms with Crippen molar-refractivity contribution in [3.8, 4) is 11.5 Å². The average molecular weight is 428 g/mol. The van der Waals surface area contributed by atoms with E-state index in [2.05, 4.69) is 9.97 Å². The highest BCUT2D eigenvalue weighted by atomic mass is 16.5. The molecule has 0 unspecified atom stereocenters. The Kier molecular flexibility index (Phi) is 6.03. The van der Waals surface area contributed by atoms with Gasteiger partial charge in [0, 0.05) is 29.8 Å². The van der Waals surface area contributed by atoms with Gasteiger partial charge in [-0.2, -0.15) is 0 Å². The van der Waals surface area contributed by atoms with Crippen molar-refractivity contribution in [1.29, 1.82) is 0 Å². The summed E-state index contributed by atoms with van der Waals surface area (Å²) in [6.07, 6.45) is 0. The number of nitrogens with zero attached hydrogens (tertiary/aromatic N) is 3. The van der Waals surface area contributed by atoms with E-state index in [0.29, 0.717) is 29.5 Å². The van der Waals surface area contributed by atoms with Gasteiger partial charge in [0.15, 0.2) is 17.3 Å². The van der Waals surface area contributed by atoms with Crippen LogP contribution in [-0.2, 0) is 6.61 Å². The molecule has 0 radical (unpaired) electrons. The van der Waals surface area contributed by atoms with Gasteiger partial charge in [-0.15, -0.1) is 0 Å². The van der Waals surface area contributed by atoms with Crippen molar-refractivity contribution >= 4 is 28.2 Å². The van der Waals surface area contributed by atoms with Crippen molar-refractivity contribution in [3.05, 3.63) is 83.7 Å². The summed E-state index contributed by atoms with van der Waals surface area (Å²) < 4.78 is 11.6. The lowest BCUT2D eigenvalue weighted by Crippen LogP contribution is -2.13. The zero-order chi connectivity index (χ0) is 22.7. The Morgan fingerprint density at radius 1 is 0.969 bits per heavy atom. The molecule has 0 saturated heterocycles. The van der Waals surface area contributed by atoms with Gasteiger partial charge in [-0.25, -0.2) is 9.97 Å². The Hall–Kier alpha value is -3.93. The molecule has 4 aromatic rings. The predicted octanol–water partition coefficient (Wildman–Crippen LogP) is 5.50. The van der Waals surface area contributed by atoms with Crippen LogP contribution in [0.3, 0.4) is 0 Å². The van der Waals surface area contributed by atoms with E-state index < -0.39 is 0 Å². The first-order valence-electron chi connectivity index (χ1n) is 10.3. The maximum absolute atomic E-state index is 11.5. The normalized spacial score (nSPS) is 10.8. The minimum absolute atomic E-state index is 0.0439. The van der Waals surface area contributed by atoms with Crippen LogP contribution in [0.25, 0.3) is 10.9 Å². The third kappa shape index (κ3) is 4.39. The number of aryl methyl sites for hydroxylation is 1. The lowest BCUT2D eigenvalue weighted by molar-refractivity contribution is 0.101. The first kappa shape index (κ1) is 21.3. The molecule has 0 aliphatic rings. The van der Waals surface area contributed by atoms with Gasteiger partial charge in [0.1, 0.15) is 18.2 Å². The van der Waals surface area contributed by atoms with Crippen molar-refractivity contribution < 1.29 is 14.3 Å². The first-order chi connectivity index (χ1) is 15.5. The van der Waals surface area contributed by atoms with E-state index in [1.54, 1.807) is 14.0 Å². The number of hydrogen-bond acceptors (Lipinski definition) is 6. The highest BCUT2D eigenvalue weighted by Gasteiger charge is 2.15. The lowest BCUT2D eigenvalue weighted by atomic mass is 10.1. The van der Waals surface area contributed by atoms with Gasteiger partial charge in [-0.3, -0.25) is 4.79 Å². The Balaban J connectivity index is 1.62. The molecule has 0 atom stereocenters. The van der Waals surface area contributed by atoms with E-state index in [-0.39, 0.29) is 5.78 Å². The summed E-state index contributed by atoms with van der Waals surface area (Å²) in [6.45, 7) is 3.81. The summed E-state index contributed by atoms with van der Waals surface area (Å²) in [4.78, 5) is 22.7. The summed E-state index contributed by atoms with van der Waals surface area (Å²) in [5.74, 6) is 2.85. The number of anilines is 2. The van der Waals surface area contributed by atoms with Gasteiger partial charge in [0.25, 0.3) is 0 Å².